The predicted octanol–water partition coefficient (Wildman–Crippen LogP) is 5.10. The van der Waals surface area contributed by atoms with E-state index in [0.29, 0.717) is 52.6 Å². The van der Waals surface area contributed by atoms with Gasteiger partial charge in [0.15, 0.2) is 18.1 Å². The number of carbonyl (C=O) groups excluding carboxylic acids is 2. The lowest BCUT2D eigenvalue weighted by atomic mass is 10.2. The Morgan fingerprint density at radius 1 is 1.18 bits per heavy atom. The Bertz CT molecular complexity index is 1080. The first kappa shape index (κ1) is 26.2. The Hall–Kier alpha value is -2.40. The molecule has 1 heterocycles. The number of anilines is 1. The van der Waals surface area contributed by atoms with Crippen molar-refractivity contribution in [3.63, 3.8) is 0 Å². The number of rotatable bonds is 11. The summed E-state index contributed by atoms with van der Waals surface area (Å²) < 4.78 is 17.9. The quantitative estimate of drug-likeness (QED) is 0.231. The van der Waals surface area contributed by atoms with Crippen LogP contribution in [0, 0.1) is 0 Å². The number of nitrogens with zero attached hydrogens (tertiary/aromatic N) is 1. The summed E-state index contributed by atoms with van der Waals surface area (Å²) in [7, 11) is 1.63. The van der Waals surface area contributed by atoms with E-state index >= 15 is 0 Å². The van der Waals surface area contributed by atoms with E-state index in [0.717, 1.165) is 10.0 Å². The molecule has 2 aromatic rings. The minimum Gasteiger partial charge on any atom is -0.490 e. The Kier molecular flexibility index (Phi) is 9.94. The number of benzene rings is 2. The number of hydrogen-bond acceptors (Lipinski definition) is 7. The molecule has 1 N–H and O–H groups in total. The summed E-state index contributed by atoms with van der Waals surface area (Å²) in [4.78, 5) is 27.2. The second-order valence-corrected chi connectivity index (χ2v) is 9.75. The minimum atomic E-state index is -0.286. The maximum Gasteiger partial charge on any atom is 0.266 e. The first-order chi connectivity index (χ1) is 16.4. The fraction of sp³-hybridized carbons (Fsp3) is 0.292. The number of halogens is 1. The van der Waals surface area contributed by atoms with Crippen molar-refractivity contribution in [2.24, 2.45) is 0 Å². The standard InChI is InChI=1S/C24H25BrN2O5S2/c1-3-31-20-13-16(14-21-23(29)27(24(33)34-21)11-4-12-30-2)5-10-19(20)32-15-22(28)26-18-8-6-17(25)7-9-18/h5-10,13-14H,3-4,11-12,15H2,1-2H3,(H,26,28)/b21-14-. The lowest BCUT2D eigenvalue weighted by Gasteiger charge is -2.14. The van der Waals surface area contributed by atoms with E-state index in [-0.39, 0.29) is 18.4 Å². The molecule has 1 fully saturated rings. The lowest BCUT2D eigenvalue weighted by molar-refractivity contribution is -0.122. The second kappa shape index (κ2) is 12.9. The van der Waals surface area contributed by atoms with Crippen LogP contribution in [0.5, 0.6) is 11.5 Å². The molecule has 34 heavy (non-hydrogen) atoms. The molecule has 10 heteroatoms. The number of ether oxygens (including phenoxy) is 3. The van der Waals surface area contributed by atoms with Gasteiger partial charge in [-0.05, 0) is 61.4 Å². The number of hydrogen-bond donors (Lipinski definition) is 1. The van der Waals surface area contributed by atoms with Crippen LogP contribution in [-0.4, -0.2) is 54.5 Å². The van der Waals surface area contributed by atoms with Gasteiger partial charge in [0.05, 0.1) is 11.5 Å². The van der Waals surface area contributed by atoms with Crippen molar-refractivity contribution in [1.82, 2.24) is 4.90 Å². The predicted molar refractivity (Wildman–Crippen MR) is 142 cm³/mol. The van der Waals surface area contributed by atoms with Crippen LogP contribution in [0.25, 0.3) is 6.08 Å². The van der Waals surface area contributed by atoms with E-state index in [1.54, 1.807) is 42.4 Å². The van der Waals surface area contributed by atoms with Gasteiger partial charge in [-0.3, -0.25) is 14.5 Å². The highest BCUT2D eigenvalue weighted by atomic mass is 79.9. The van der Waals surface area contributed by atoms with Crippen molar-refractivity contribution in [3.05, 3.63) is 57.4 Å². The summed E-state index contributed by atoms with van der Waals surface area (Å²) in [5.41, 5.74) is 1.45. The van der Waals surface area contributed by atoms with Gasteiger partial charge in [-0.25, -0.2) is 0 Å². The maximum absolute atomic E-state index is 12.7. The fourth-order valence-electron chi connectivity index (χ4n) is 3.09. The second-order valence-electron chi connectivity index (χ2n) is 7.16. The zero-order chi connectivity index (χ0) is 24.5. The Morgan fingerprint density at radius 2 is 1.94 bits per heavy atom. The molecule has 0 unspecified atom stereocenters. The van der Waals surface area contributed by atoms with Crippen LogP contribution in [0.3, 0.4) is 0 Å². The van der Waals surface area contributed by atoms with Crippen LogP contribution < -0.4 is 14.8 Å². The fourth-order valence-corrected chi connectivity index (χ4v) is 4.66. The number of thiocarbonyl (C=S) groups is 1. The molecule has 0 aromatic heterocycles. The number of thioether (sulfide) groups is 1. The third-order valence-corrected chi connectivity index (χ3v) is 6.56. The van der Waals surface area contributed by atoms with E-state index in [9.17, 15) is 9.59 Å². The highest BCUT2D eigenvalue weighted by molar-refractivity contribution is 9.10. The van der Waals surface area contributed by atoms with Gasteiger partial charge >= 0.3 is 0 Å². The third-order valence-electron chi connectivity index (χ3n) is 4.66. The number of nitrogens with one attached hydrogen (secondary N) is 1. The third kappa shape index (κ3) is 7.30. The molecule has 3 rings (SSSR count). The molecule has 180 valence electrons. The van der Waals surface area contributed by atoms with Gasteiger partial charge in [0.25, 0.3) is 11.8 Å². The highest BCUT2D eigenvalue weighted by Gasteiger charge is 2.31. The van der Waals surface area contributed by atoms with E-state index in [4.69, 9.17) is 26.4 Å². The van der Waals surface area contributed by atoms with Crippen molar-refractivity contribution in [2.45, 2.75) is 13.3 Å². The molecule has 2 amide bonds. The van der Waals surface area contributed by atoms with E-state index < -0.39 is 0 Å². The SMILES string of the molecule is CCOc1cc(/C=C2\SC(=S)N(CCCOC)C2=O)ccc1OCC(=O)Nc1ccc(Br)cc1. The van der Waals surface area contributed by atoms with Crippen molar-refractivity contribution in [1.29, 1.82) is 0 Å². The number of amides is 2. The smallest absolute Gasteiger partial charge is 0.266 e. The van der Waals surface area contributed by atoms with Crippen molar-refractivity contribution in [2.75, 3.05) is 38.8 Å². The van der Waals surface area contributed by atoms with Crippen LogP contribution in [0.1, 0.15) is 18.9 Å². The zero-order valence-corrected chi connectivity index (χ0v) is 22.1. The Labute approximate surface area is 216 Å². The largest absolute Gasteiger partial charge is 0.490 e. The molecule has 1 saturated heterocycles. The molecule has 1 aliphatic heterocycles. The average molecular weight is 566 g/mol. The number of carbonyl (C=O) groups is 2. The normalized spacial score (nSPS) is 14.6. The van der Waals surface area contributed by atoms with E-state index in [1.807, 2.05) is 25.1 Å². The first-order valence-electron chi connectivity index (χ1n) is 10.6. The molecule has 0 spiro atoms. The van der Waals surface area contributed by atoms with Crippen LogP contribution in [0.4, 0.5) is 5.69 Å². The minimum absolute atomic E-state index is 0.117. The van der Waals surface area contributed by atoms with Crippen molar-refractivity contribution < 1.29 is 23.8 Å². The van der Waals surface area contributed by atoms with Crippen LogP contribution in [-0.2, 0) is 14.3 Å². The molecular formula is C24H25BrN2O5S2. The summed E-state index contributed by atoms with van der Waals surface area (Å²) in [6, 6.07) is 12.6. The molecule has 0 radical (unpaired) electrons. The summed E-state index contributed by atoms with van der Waals surface area (Å²) in [6.07, 6.45) is 2.49. The van der Waals surface area contributed by atoms with E-state index in [2.05, 4.69) is 21.2 Å². The van der Waals surface area contributed by atoms with Gasteiger partial charge in [0, 0.05) is 30.4 Å². The van der Waals surface area contributed by atoms with Gasteiger partial charge < -0.3 is 19.5 Å². The van der Waals surface area contributed by atoms with Gasteiger partial charge in [0.1, 0.15) is 4.32 Å². The lowest BCUT2D eigenvalue weighted by Crippen LogP contribution is -2.29. The molecule has 0 bridgehead atoms. The van der Waals surface area contributed by atoms with Crippen LogP contribution >= 0.6 is 39.9 Å². The van der Waals surface area contributed by atoms with Gasteiger partial charge in [0.2, 0.25) is 0 Å². The summed E-state index contributed by atoms with van der Waals surface area (Å²) in [5, 5.41) is 2.78. The Morgan fingerprint density at radius 3 is 2.65 bits per heavy atom. The van der Waals surface area contributed by atoms with Crippen LogP contribution in [0.2, 0.25) is 0 Å². The van der Waals surface area contributed by atoms with Crippen molar-refractivity contribution in [3.8, 4) is 11.5 Å². The van der Waals surface area contributed by atoms with Gasteiger partial charge in [-0.2, -0.15) is 0 Å². The molecule has 7 nitrogen and oxygen atoms in total. The Balaban J connectivity index is 1.66. The summed E-state index contributed by atoms with van der Waals surface area (Å²) in [5.74, 6) is 0.528. The summed E-state index contributed by atoms with van der Waals surface area (Å²) in [6.45, 7) is 3.20. The number of methoxy groups -OCH3 is 1. The molecule has 2 aromatic carbocycles. The monoisotopic (exact) mass is 564 g/mol. The molecule has 0 aliphatic carbocycles. The van der Waals surface area contributed by atoms with Gasteiger partial charge in [-0.1, -0.05) is 46.0 Å². The van der Waals surface area contributed by atoms with Crippen molar-refractivity contribution >= 4 is 67.8 Å². The van der Waals surface area contributed by atoms with Gasteiger partial charge in [-0.15, -0.1) is 0 Å². The van der Waals surface area contributed by atoms with Crippen LogP contribution in [0.15, 0.2) is 51.8 Å². The summed E-state index contributed by atoms with van der Waals surface area (Å²) >= 11 is 10.00. The zero-order valence-electron chi connectivity index (χ0n) is 18.8. The topological polar surface area (TPSA) is 77.1 Å². The molecule has 1 aliphatic rings. The molecular weight excluding hydrogens is 540 g/mol. The highest BCUT2D eigenvalue weighted by Crippen LogP contribution is 2.35. The first-order valence-corrected chi connectivity index (χ1v) is 12.6. The maximum atomic E-state index is 12.7. The van der Waals surface area contributed by atoms with E-state index in [1.165, 1.54) is 11.8 Å². The average Bonchev–Trinajstić information content (AvgIpc) is 3.08. The molecule has 0 saturated carbocycles. The molecule has 0 atom stereocenters.